The summed E-state index contributed by atoms with van der Waals surface area (Å²) >= 11 is 0. The smallest absolute Gasteiger partial charge is 0.368 e. The maximum Gasteiger partial charge on any atom is 0.368 e. The average Bonchev–Trinajstić information content (AvgIpc) is 2.36. The van der Waals surface area contributed by atoms with Gasteiger partial charge in [-0.1, -0.05) is 6.58 Å². The number of carboxylic acid groups (broad SMARTS) is 1. The lowest BCUT2D eigenvalue weighted by molar-refractivity contribution is -0.272. The van der Waals surface area contributed by atoms with Gasteiger partial charge in [0.25, 0.3) is 0 Å². The number of carboxylic acids is 1. The third-order valence-electron chi connectivity index (χ3n) is 2.17. The van der Waals surface area contributed by atoms with Gasteiger partial charge in [-0.15, -0.1) is 0 Å². The quantitative estimate of drug-likeness (QED) is 0.250. The molecule has 0 aliphatic rings. The van der Waals surface area contributed by atoms with Gasteiger partial charge in [-0.2, -0.15) is 4.89 Å². The van der Waals surface area contributed by atoms with Gasteiger partial charge in [-0.3, -0.25) is 14.5 Å². The summed E-state index contributed by atoms with van der Waals surface area (Å²) in [7, 11) is 0. The fourth-order valence-corrected chi connectivity index (χ4v) is 1.11. The highest BCUT2D eigenvalue weighted by Crippen LogP contribution is 2.00. The minimum absolute atomic E-state index is 0.00543. The molecule has 0 saturated heterocycles. The molecule has 7 heteroatoms. The molecule has 20 heavy (non-hydrogen) atoms. The van der Waals surface area contributed by atoms with E-state index in [1.165, 1.54) is 6.92 Å². The van der Waals surface area contributed by atoms with Crippen molar-refractivity contribution in [2.24, 2.45) is 0 Å². The number of aliphatic carboxylic acids is 1. The number of hydrogen-bond acceptors (Lipinski definition) is 6. The summed E-state index contributed by atoms with van der Waals surface area (Å²) in [6, 6.07) is 0. The van der Waals surface area contributed by atoms with Crippen LogP contribution in [0, 0.1) is 0 Å². The lowest BCUT2D eigenvalue weighted by Crippen LogP contribution is -2.12. The number of ketones is 1. The van der Waals surface area contributed by atoms with Crippen LogP contribution in [0.5, 0.6) is 0 Å². The van der Waals surface area contributed by atoms with Gasteiger partial charge in [0.1, 0.15) is 12.4 Å². The van der Waals surface area contributed by atoms with Crippen LogP contribution in [-0.2, 0) is 28.9 Å². The van der Waals surface area contributed by atoms with E-state index in [1.54, 1.807) is 0 Å². The first kappa shape index (κ1) is 18.3. The molecule has 7 nitrogen and oxygen atoms in total. The van der Waals surface area contributed by atoms with Crippen LogP contribution in [0.2, 0.25) is 0 Å². The molecule has 0 spiro atoms. The third kappa shape index (κ3) is 11.4. The van der Waals surface area contributed by atoms with Gasteiger partial charge in [0.05, 0.1) is 13.2 Å². The van der Waals surface area contributed by atoms with Gasteiger partial charge >= 0.3 is 11.9 Å². The normalized spacial score (nSPS) is 10.1. The first-order valence-electron chi connectivity index (χ1n) is 6.24. The Labute approximate surface area is 117 Å². The average molecular weight is 288 g/mol. The summed E-state index contributed by atoms with van der Waals surface area (Å²) < 4.78 is 5.10. The highest BCUT2D eigenvalue weighted by Gasteiger charge is 2.05. The molecule has 0 amide bonds. The largest absolute Gasteiger partial charge is 0.481 e. The molecular formula is C13H20O7. The van der Waals surface area contributed by atoms with Crippen LogP contribution in [0.3, 0.4) is 0 Å². The molecule has 0 radical (unpaired) electrons. The molecule has 0 heterocycles. The van der Waals surface area contributed by atoms with E-state index in [-0.39, 0.29) is 50.4 Å². The Morgan fingerprint density at radius 3 is 2.35 bits per heavy atom. The Bertz CT molecular complexity index is 349. The maximum absolute atomic E-state index is 11.3. The van der Waals surface area contributed by atoms with E-state index in [0.29, 0.717) is 6.42 Å². The predicted octanol–water partition coefficient (Wildman–Crippen LogP) is 1.27. The van der Waals surface area contributed by atoms with Crippen molar-refractivity contribution in [1.82, 2.24) is 0 Å². The van der Waals surface area contributed by atoms with Gasteiger partial charge < -0.3 is 9.84 Å². The number of Topliss-reactive ketones (excluding diaryl/α,β-unsaturated/α-hetero) is 1. The van der Waals surface area contributed by atoms with Crippen molar-refractivity contribution in [3.05, 3.63) is 12.2 Å². The van der Waals surface area contributed by atoms with Crippen molar-refractivity contribution in [2.75, 3.05) is 19.8 Å². The summed E-state index contributed by atoms with van der Waals surface area (Å²) in [5.74, 6) is -1.59. The van der Waals surface area contributed by atoms with E-state index in [0.717, 1.165) is 0 Å². The highest BCUT2D eigenvalue weighted by atomic mass is 17.2. The zero-order valence-corrected chi connectivity index (χ0v) is 11.6. The minimum atomic E-state index is -0.907. The molecule has 114 valence electrons. The molecule has 0 aromatic rings. The number of carbonyl (C=O) groups is 3. The summed E-state index contributed by atoms with van der Waals surface area (Å²) in [4.78, 5) is 41.4. The van der Waals surface area contributed by atoms with Crippen LogP contribution >= 0.6 is 0 Å². The van der Waals surface area contributed by atoms with Crippen molar-refractivity contribution in [1.29, 1.82) is 0 Å². The molecule has 0 rings (SSSR count). The van der Waals surface area contributed by atoms with Crippen molar-refractivity contribution in [2.45, 2.75) is 32.6 Å². The van der Waals surface area contributed by atoms with Gasteiger partial charge in [0.15, 0.2) is 0 Å². The Morgan fingerprint density at radius 2 is 1.75 bits per heavy atom. The molecule has 0 saturated carbocycles. The monoisotopic (exact) mass is 288 g/mol. The first-order valence-corrected chi connectivity index (χ1v) is 6.24. The molecule has 0 aliphatic heterocycles. The number of ether oxygens (including phenoxy) is 1. The lowest BCUT2D eigenvalue weighted by atomic mass is 10.1. The van der Waals surface area contributed by atoms with E-state index in [4.69, 9.17) is 9.84 Å². The Hall–Kier alpha value is -1.73. The van der Waals surface area contributed by atoms with E-state index < -0.39 is 11.9 Å². The number of rotatable bonds is 12. The third-order valence-corrected chi connectivity index (χ3v) is 2.17. The van der Waals surface area contributed by atoms with E-state index in [2.05, 4.69) is 16.4 Å². The Morgan fingerprint density at radius 1 is 1.05 bits per heavy atom. The van der Waals surface area contributed by atoms with Crippen molar-refractivity contribution in [3.63, 3.8) is 0 Å². The summed E-state index contributed by atoms with van der Waals surface area (Å²) in [6.45, 7) is 5.35. The van der Waals surface area contributed by atoms with E-state index in [1.807, 2.05) is 0 Å². The fourth-order valence-electron chi connectivity index (χ4n) is 1.11. The summed E-state index contributed by atoms with van der Waals surface area (Å²) in [5, 5.41) is 8.41. The maximum atomic E-state index is 11.3. The molecule has 0 aliphatic carbocycles. The zero-order chi connectivity index (χ0) is 15.4. The van der Waals surface area contributed by atoms with Crippen molar-refractivity contribution < 1.29 is 34.0 Å². The van der Waals surface area contributed by atoms with Crippen LogP contribution in [0.15, 0.2) is 12.2 Å². The van der Waals surface area contributed by atoms with Gasteiger partial charge in [0.2, 0.25) is 0 Å². The molecule has 0 aromatic carbocycles. The molecule has 0 bridgehead atoms. The van der Waals surface area contributed by atoms with Gasteiger partial charge in [0, 0.05) is 24.8 Å². The second kappa shape index (κ2) is 11.1. The van der Waals surface area contributed by atoms with Crippen LogP contribution < -0.4 is 0 Å². The van der Waals surface area contributed by atoms with Gasteiger partial charge in [-0.05, 0) is 13.3 Å². The Balaban J connectivity index is 3.35. The Kier molecular flexibility index (Phi) is 10.2. The number of carbonyl (C=O) groups excluding carboxylic acids is 2. The van der Waals surface area contributed by atoms with Crippen molar-refractivity contribution in [3.8, 4) is 0 Å². The van der Waals surface area contributed by atoms with Crippen LogP contribution in [-0.4, -0.2) is 42.6 Å². The van der Waals surface area contributed by atoms with Crippen molar-refractivity contribution >= 4 is 17.7 Å². The molecule has 0 fully saturated rings. The summed E-state index contributed by atoms with van der Waals surface area (Å²) in [5.41, 5.74) is 0.234. The lowest BCUT2D eigenvalue weighted by Gasteiger charge is -2.04. The molecule has 0 unspecified atom stereocenters. The fraction of sp³-hybridized carbons (Fsp3) is 0.615. The predicted molar refractivity (Wildman–Crippen MR) is 68.8 cm³/mol. The minimum Gasteiger partial charge on any atom is -0.481 e. The van der Waals surface area contributed by atoms with Crippen LogP contribution in [0.1, 0.15) is 32.6 Å². The molecule has 0 aromatic heterocycles. The van der Waals surface area contributed by atoms with Gasteiger partial charge in [-0.25, -0.2) is 4.79 Å². The topological polar surface area (TPSA) is 99.1 Å². The van der Waals surface area contributed by atoms with Crippen LogP contribution in [0.4, 0.5) is 0 Å². The first-order chi connectivity index (χ1) is 9.43. The molecular weight excluding hydrogens is 268 g/mol. The molecule has 1 N–H and O–H groups in total. The summed E-state index contributed by atoms with van der Waals surface area (Å²) in [6.07, 6.45) is 0.802. The van der Waals surface area contributed by atoms with E-state index >= 15 is 0 Å². The second-order valence-electron chi connectivity index (χ2n) is 4.12. The number of hydrogen-bond donors (Lipinski definition) is 1. The van der Waals surface area contributed by atoms with Crippen LogP contribution in [0.25, 0.3) is 0 Å². The highest BCUT2D eigenvalue weighted by molar-refractivity contribution is 5.86. The second-order valence-corrected chi connectivity index (χ2v) is 4.12. The molecule has 0 atom stereocenters. The van der Waals surface area contributed by atoms with E-state index in [9.17, 15) is 14.4 Å². The zero-order valence-electron chi connectivity index (χ0n) is 11.6. The SMILES string of the molecule is C=C(C)C(=O)OOCCOCCC(=O)CCCC(=O)O. The standard InChI is InChI=1S/C13H20O7/c1-10(2)13(17)20-19-9-8-18-7-6-11(14)4-3-5-12(15)16/h1,3-9H2,2H3,(H,15,16).